The minimum atomic E-state index is -0.338. The molecule has 2 aromatic heterocycles. The first-order valence-corrected chi connectivity index (χ1v) is 11.5. The summed E-state index contributed by atoms with van der Waals surface area (Å²) in [5.41, 5.74) is 3.81. The Labute approximate surface area is 201 Å². The van der Waals surface area contributed by atoms with E-state index in [4.69, 9.17) is 9.47 Å². The van der Waals surface area contributed by atoms with Gasteiger partial charge in [0.05, 0.1) is 18.4 Å². The van der Waals surface area contributed by atoms with Gasteiger partial charge in [0, 0.05) is 49.8 Å². The maximum Gasteiger partial charge on any atom is 0.337 e. The highest BCUT2D eigenvalue weighted by Gasteiger charge is 2.25. The number of nitrogens with zero attached hydrogens (tertiary/aromatic N) is 5. The lowest BCUT2D eigenvalue weighted by Gasteiger charge is -2.30. The summed E-state index contributed by atoms with van der Waals surface area (Å²) in [7, 11) is 3.06. The zero-order valence-corrected chi connectivity index (χ0v) is 19.7. The highest BCUT2D eigenvalue weighted by atomic mass is 32.2. The topological polar surface area (TPSA) is 82.4 Å². The van der Waals surface area contributed by atoms with Crippen LogP contribution in [0.1, 0.15) is 27.3 Å². The third kappa shape index (κ3) is 4.40. The van der Waals surface area contributed by atoms with Crippen molar-refractivity contribution in [2.75, 3.05) is 25.9 Å². The first kappa shape index (κ1) is 22.1. The molecule has 0 bridgehead atoms. The maximum absolute atomic E-state index is 11.7. The van der Waals surface area contributed by atoms with Crippen molar-refractivity contribution in [2.45, 2.75) is 22.9 Å². The van der Waals surface area contributed by atoms with Gasteiger partial charge in [-0.3, -0.25) is 4.90 Å². The lowest BCUT2D eigenvalue weighted by atomic mass is 10.1. The molecule has 1 aliphatic heterocycles. The summed E-state index contributed by atoms with van der Waals surface area (Å²) in [6.45, 7) is 1.07. The molecule has 172 valence electrons. The molecule has 3 heterocycles. The van der Waals surface area contributed by atoms with E-state index >= 15 is 0 Å². The number of hydrogen-bond donors (Lipinski definition) is 0. The van der Waals surface area contributed by atoms with Crippen LogP contribution in [0, 0.1) is 0 Å². The van der Waals surface area contributed by atoms with Crippen LogP contribution >= 0.6 is 11.8 Å². The first-order chi connectivity index (χ1) is 16.7. The summed E-state index contributed by atoms with van der Waals surface area (Å²) >= 11 is 1.62. The predicted octanol–water partition coefficient (Wildman–Crippen LogP) is 4.31. The largest absolute Gasteiger partial charge is 0.465 e. The molecule has 0 N–H and O–H groups in total. The molecule has 9 heteroatoms. The minimum Gasteiger partial charge on any atom is -0.465 e. The highest BCUT2D eigenvalue weighted by Crippen LogP contribution is 2.46. The van der Waals surface area contributed by atoms with Gasteiger partial charge < -0.3 is 14.0 Å². The van der Waals surface area contributed by atoms with Crippen LogP contribution in [0.3, 0.4) is 0 Å². The summed E-state index contributed by atoms with van der Waals surface area (Å²) in [5.74, 6) is 1.41. The molecule has 0 amide bonds. The Morgan fingerprint density at radius 3 is 2.56 bits per heavy atom. The number of ether oxygens (including phenoxy) is 2. The van der Waals surface area contributed by atoms with E-state index in [1.165, 1.54) is 7.11 Å². The second kappa shape index (κ2) is 9.66. The molecule has 0 saturated carbocycles. The van der Waals surface area contributed by atoms with Crippen molar-refractivity contribution in [3.05, 3.63) is 89.8 Å². The maximum atomic E-state index is 11.7. The molecular weight excluding hydrogens is 450 g/mol. The lowest BCUT2D eigenvalue weighted by molar-refractivity contribution is 0.0600. The first-order valence-electron chi connectivity index (χ1n) is 10.7. The van der Waals surface area contributed by atoms with Gasteiger partial charge in [-0.1, -0.05) is 30.0 Å². The monoisotopic (exact) mass is 473 g/mol. The Hall–Kier alpha value is -3.69. The van der Waals surface area contributed by atoms with Gasteiger partial charge in [0.1, 0.15) is 17.6 Å². The van der Waals surface area contributed by atoms with Crippen LogP contribution in [-0.2, 0) is 22.4 Å². The zero-order valence-electron chi connectivity index (χ0n) is 18.8. The van der Waals surface area contributed by atoms with Crippen molar-refractivity contribution in [3.8, 4) is 0 Å². The third-order valence-corrected chi connectivity index (χ3v) is 6.62. The van der Waals surface area contributed by atoms with Gasteiger partial charge in [-0.2, -0.15) is 0 Å². The van der Waals surface area contributed by atoms with Crippen LogP contribution in [0.25, 0.3) is 0 Å². The predicted molar refractivity (Wildman–Crippen MR) is 129 cm³/mol. The SMILES string of the molecule is COCN1c2cc(Cn3ccnc3Cc3ccc(C(=O)OC)cc3)ccc2Sc2nccnc21. The Balaban J connectivity index is 1.37. The Morgan fingerprint density at radius 2 is 1.76 bits per heavy atom. The summed E-state index contributed by atoms with van der Waals surface area (Å²) in [5, 5.41) is 0.870. The number of imidazole rings is 1. The fraction of sp³-hybridized carbons (Fsp3) is 0.200. The minimum absolute atomic E-state index is 0.338. The van der Waals surface area contributed by atoms with E-state index in [1.807, 2.05) is 24.5 Å². The van der Waals surface area contributed by atoms with E-state index in [-0.39, 0.29) is 5.97 Å². The van der Waals surface area contributed by atoms with E-state index in [9.17, 15) is 4.79 Å². The molecule has 5 rings (SSSR count). The normalized spacial score (nSPS) is 12.2. The molecule has 0 saturated heterocycles. The molecule has 8 nitrogen and oxygen atoms in total. The van der Waals surface area contributed by atoms with E-state index in [2.05, 4.69) is 42.6 Å². The van der Waals surface area contributed by atoms with Gasteiger partial charge in [-0.25, -0.2) is 19.7 Å². The van der Waals surface area contributed by atoms with E-state index in [1.54, 1.807) is 43.4 Å². The van der Waals surface area contributed by atoms with Crippen LogP contribution in [0.15, 0.2) is 77.2 Å². The molecule has 2 aromatic carbocycles. The average Bonchev–Trinajstić information content (AvgIpc) is 3.30. The van der Waals surface area contributed by atoms with Gasteiger partial charge in [0.25, 0.3) is 0 Å². The van der Waals surface area contributed by atoms with E-state index < -0.39 is 0 Å². The van der Waals surface area contributed by atoms with E-state index in [0.29, 0.717) is 25.3 Å². The van der Waals surface area contributed by atoms with Crippen molar-refractivity contribution in [3.63, 3.8) is 0 Å². The summed E-state index contributed by atoms with van der Waals surface area (Å²) in [4.78, 5) is 28.4. The second-order valence-corrected chi connectivity index (χ2v) is 8.80. The summed E-state index contributed by atoms with van der Waals surface area (Å²) in [6, 6.07) is 13.9. The van der Waals surface area contributed by atoms with Gasteiger partial charge in [-0.15, -0.1) is 0 Å². The molecule has 0 aliphatic carbocycles. The molecule has 0 atom stereocenters. The third-order valence-electron chi connectivity index (χ3n) is 5.57. The Kier molecular flexibility index (Phi) is 6.29. The fourth-order valence-corrected chi connectivity index (χ4v) is 4.90. The number of rotatable bonds is 7. The molecule has 0 radical (unpaired) electrons. The van der Waals surface area contributed by atoms with Crippen LogP contribution in [0.5, 0.6) is 0 Å². The number of esters is 1. The van der Waals surface area contributed by atoms with Gasteiger partial charge in [0.2, 0.25) is 0 Å². The van der Waals surface area contributed by atoms with Crippen molar-refractivity contribution in [2.24, 2.45) is 0 Å². The molecule has 0 spiro atoms. The van der Waals surface area contributed by atoms with Crippen molar-refractivity contribution in [1.82, 2.24) is 19.5 Å². The number of anilines is 2. The summed E-state index contributed by atoms with van der Waals surface area (Å²) in [6.07, 6.45) is 7.87. The van der Waals surface area contributed by atoms with Gasteiger partial charge in [-0.05, 0) is 35.4 Å². The number of carbonyl (C=O) groups is 1. The molecule has 0 unspecified atom stereocenters. The molecule has 4 aromatic rings. The number of methoxy groups -OCH3 is 2. The number of hydrogen-bond acceptors (Lipinski definition) is 8. The number of benzene rings is 2. The zero-order chi connectivity index (χ0) is 23.5. The number of aromatic nitrogens is 4. The average molecular weight is 474 g/mol. The van der Waals surface area contributed by atoms with Gasteiger partial charge >= 0.3 is 5.97 Å². The standard InChI is InChI=1S/C25H23N5O3S/c1-32-16-30-20-13-18(5-8-21(20)34-24-23(30)27-9-10-28-24)15-29-12-11-26-22(29)14-17-3-6-19(7-4-17)25(31)33-2/h3-13H,14-16H2,1-2H3. The number of fused-ring (bicyclic) bond motifs is 2. The van der Waals surface area contributed by atoms with E-state index in [0.717, 1.165) is 38.4 Å². The Bertz CT molecular complexity index is 1320. The van der Waals surface area contributed by atoms with Gasteiger partial charge in [0.15, 0.2) is 5.82 Å². The van der Waals surface area contributed by atoms with Crippen LogP contribution in [-0.4, -0.2) is 46.4 Å². The van der Waals surface area contributed by atoms with Crippen LogP contribution in [0.2, 0.25) is 0 Å². The second-order valence-electron chi connectivity index (χ2n) is 7.77. The number of carbonyl (C=O) groups excluding carboxylic acids is 1. The molecule has 1 aliphatic rings. The molecule has 34 heavy (non-hydrogen) atoms. The van der Waals surface area contributed by atoms with Crippen LogP contribution in [0.4, 0.5) is 11.5 Å². The van der Waals surface area contributed by atoms with Crippen LogP contribution < -0.4 is 4.90 Å². The molecule has 0 fully saturated rings. The van der Waals surface area contributed by atoms with Crippen molar-refractivity contribution < 1.29 is 14.3 Å². The fourth-order valence-electron chi connectivity index (χ4n) is 3.92. The molecular formula is C25H23N5O3S. The van der Waals surface area contributed by atoms with Crippen molar-refractivity contribution in [1.29, 1.82) is 0 Å². The lowest BCUT2D eigenvalue weighted by Crippen LogP contribution is -2.24. The Morgan fingerprint density at radius 1 is 0.971 bits per heavy atom. The van der Waals surface area contributed by atoms with Crippen molar-refractivity contribution >= 4 is 29.2 Å². The smallest absolute Gasteiger partial charge is 0.337 e. The summed E-state index contributed by atoms with van der Waals surface area (Å²) < 4.78 is 12.4. The highest BCUT2D eigenvalue weighted by molar-refractivity contribution is 7.99. The quantitative estimate of drug-likeness (QED) is 0.368.